The van der Waals surface area contributed by atoms with Gasteiger partial charge in [0.25, 0.3) is 11.8 Å². The van der Waals surface area contributed by atoms with E-state index in [-0.39, 0.29) is 52.8 Å². The molecule has 0 bridgehead atoms. The average Bonchev–Trinajstić information content (AvgIpc) is 1.61. The number of aryl methyl sites for hydroxylation is 1. The molecule has 2 saturated heterocycles. The van der Waals surface area contributed by atoms with Crippen molar-refractivity contribution in [3.05, 3.63) is 225 Å². The minimum atomic E-state index is -0.733. The fourth-order valence-electron chi connectivity index (χ4n) is 20.0. The summed E-state index contributed by atoms with van der Waals surface area (Å²) in [6.07, 6.45) is 18.3. The van der Waals surface area contributed by atoms with Crippen molar-refractivity contribution in [3.63, 3.8) is 0 Å². The predicted molar refractivity (Wildman–Crippen MR) is 527 cm³/mol. The van der Waals surface area contributed by atoms with Gasteiger partial charge in [0.15, 0.2) is 21.7 Å². The SMILES string of the molecule is Cc1c(OC2CCC(CCCC=O)CC2)cccc1-c1ccc(N2CCc3cccc(C(=O)Nc4nc5ccccc5s4)c3C2)nc1C(=O)OC(C)(C)C.Cc1c(OC2CCC(CCCCN3CCN(c4ccc5c(C6CCC(=O)NC6=O)nn(C)c5c4)CC3(C)C)CC2)cccc1-c1ccc(N2CCc3cccc(C(=O)Nc4nc5ccccc5s4)c3C2)nc1C(=O)OC(C)(C)C. The number of piperidine rings is 1. The predicted octanol–water partition coefficient (Wildman–Crippen LogP) is 21.3. The highest BCUT2D eigenvalue weighted by atomic mass is 32.1. The second-order valence-corrected chi connectivity index (χ2v) is 41.2. The van der Waals surface area contributed by atoms with E-state index in [2.05, 4.69) is 96.6 Å². The van der Waals surface area contributed by atoms with Crippen LogP contribution in [0, 0.1) is 25.7 Å². The molecule has 3 N–H and O–H groups in total. The number of nitrogens with one attached hydrogen (secondary N) is 3. The minimum absolute atomic E-state index is 0.00683. The maximum atomic E-state index is 14.2. The molecule has 2 saturated carbocycles. The molecular weight excluding hydrogens is 1710 g/mol. The van der Waals surface area contributed by atoms with Gasteiger partial charge < -0.3 is 38.4 Å². The first-order chi connectivity index (χ1) is 64.0. The topological polar surface area (TPSA) is 275 Å². The fraction of sp³-hybridized carbons (Fsp3) is 0.421. The molecule has 5 aromatic heterocycles. The lowest BCUT2D eigenvalue weighted by molar-refractivity contribution is -0.134. The number of ether oxygens (including phenoxy) is 4. The van der Waals surface area contributed by atoms with E-state index in [0.29, 0.717) is 101 Å². The molecule has 0 spiro atoms. The molecule has 12 aromatic rings. The number of pyridine rings is 2. The number of hydrogen-bond acceptors (Lipinski definition) is 22. The Balaban J connectivity index is 0.000000199. The van der Waals surface area contributed by atoms with Gasteiger partial charge in [-0.15, -0.1) is 0 Å². The lowest BCUT2D eigenvalue weighted by atomic mass is 9.84. The number of amides is 4. The molecule has 9 heterocycles. The van der Waals surface area contributed by atoms with Crippen LogP contribution in [0.5, 0.6) is 11.5 Å². The quantitative estimate of drug-likeness (QED) is 0.0207. The van der Waals surface area contributed by atoms with E-state index in [9.17, 15) is 33.6 Å². The van der Waals surface area contributed by atoms with Crippen molar-refractivity contribution >= 4 is 123 Å². The Morgan fingerprint density at radius 3 is 1.53 bits per heavy atom. The molecule has 1 atom stereocenters. The van der Waals surface area contributed by atoms with Crippen LogP contribution in [0.4, 0.5) is 27.6 Å². The second-order valence-electron chi connectivity index (χ2n) is 39.2. The van der Waals surface area contributed by atoms with Gasteiger partial charge in [-0.05, 0) is 307 Å². The first-order valence-electron chi connectivity index (χ1n) is 47.3. The van der Waals surface area contributed by atoms with Gasteiger partial charge in [0.05, 0.1) is 49.8 Å². The number of hydrogen-bond donors (Lipinski definition) is 3. The summed E-state index contributed by atoms with van der Waals surface area (Å²) < 4.78 is 29.3. The standard InChI is InChI=1S/C63H73N9O6S.C44H48N4O5S/c1-39-44(45-27-29-54(65-57(45)60(76)78-62(2,3)4)70-33-31-41-15-12-17-46(49(41)37-70)58(74)67-61-64-50-18-8-9-20-53(50)79-61)16-13-19-52(39)77-43-24-21-40(22-25-43)14-10-11-32-72-35-34-71(38-63(72,5)6)42-23-26-47-51(36-42)69(7)68-56(47)48-28-30-55(73)66-59(48)75;1-28-32(13-10-16-37(28)52-31-20-18-29(19-21-31)11-7-8-26-49)33-22-23-39(46-40(33)42(51)53-44(2,3)4)48-25-24-30-12-9-14-34(35(30)27-48)41(50)47-43-45-36-15-5-6-17-38(36)54-43/h8-9,12-13,15-20,23,26-27,29,36,40,43,48H,10-11,14,21-22,24-25,28,30-35,37-38H2,1-7H3,(H,64,67,74)(H,66,73,75);5-6,9-10,12-17,22-23,26,29,31H,7-8,11,18-21,24-25,27H2,1-4H3,(H,45,47,50). The number of aromatic nitrogens is 6. The number of anilines is 5. The van der Waals surface area contributed by atoms with Crippen LogP contribution in [-0.4, -0.2) is 145 Å². The van der Waals surface area contributed by atoms with Crippen LogP contribution >= 0.6 is 22.7 Å². The smallest absolute Gasteiger partial charge is 0.358 e. The highest BCUT2D eigenvalue weighted by Gasteiger charge is 2.38. The first-order valence-corrected chi connectivity index (χ1v) is 49.0. The van der Waals surface area contributed by atoms with Crippen LogP contribution in [0.3, 0.4) is 0 Å². The number of aldehydes is 1. The van der Waals surface area contributed by atoms with Crippen LogP contribution in [0.2, 0.25) is 0 Å². The zero-order valence-electron chi connectivity index (χ0n) is 78.2. The maximum Gasteiger partial charge on any atom is 0.358 e. The molecule has 1 unspecified atom stereocenters. The van der Waals surface area contributed by atoms with E-state index in [4.69, 9.17) is 34.0 Å². The van der Waals surface area contributed by atoms with Crippen molar-refractivity contribution in [1.82, 2.24) is 39.9 Å². The minimum Gasteiger partial charge on any atom is -0.490 e. The number of unbranched alkanes of at least 4 members (excludes halogenated alkanes) is 2. The number of imide groups is 1. The van der Waals surface area contributed by atoms with E-state index in [0.717, 1.165) is 203 Å². The van der Waals surface area contributed by atoms with Crippen LogP contribution in [-0.2, 0) is 56.8 Å². The van der Waals surface area contributed by atoms with E-state index in [1.54, 1.807) is 0 Å². The number of carbonyl (C=O) groups is 7. The molecule has 692 valence electrons. The van der Waals surface area contributed by atoms with Crippen LogP contribution < -0.4 is 40.1 Å². The van der Waals surface area contributed by atoms with Gasteiger partial charge in [-0.3, -0.25) is 44.7 Å². The van der Waals surface area contributed by atoms with Gasteiger partial charge in [0.1, 0.15) is 40.6 Å². The number of benzene rings is 7. The van der Waals surface area contributed by atoms with Gasteiger partial charge in [0, 0.05) is 105 Å². The van der Waals surface area contributed by atoms with E-state index in [1.807, 2.05) is 194 Å². The number of fused-ring (bicyclic) bond motifs is 5. The van der Waals surface area contributed by atoms with Gasteiger partial charge in [-0.2, -0.15) is 5.10 Å². The van der Waals surface area contributed by atoms with Crippen LogP contribution in [0.1, 0.15) is 245 Å². The summed E-state index contributed by atoms with van der Waals surface area (Å²) in [5.41, 5.74) is 14.0. The molecule has 7 aromatic carbocycles. The number of rotatable bonds is 25. The molecule has 4 amide bonds. The zero-order chi connectivity index (χ0) is 93.0. The molecule has 24 nitrogen and oxygen atoms in total. The number of carbonyl (C=O) groups excluding carboxylic acids is 7. The maximum absolute atomic E-state index is 14.2. The molecule has 6 aliphatic rings. The average molecular weight is 1830 g/mol. The van der Waals surface area contributed by atoms with Crippen LogP contribution in [0.15, 0.2) is 164 Å². The molecule has 4 fully saturated rings. The Kier molecular flexibility index (Phi) is 27.8. The Labute approximate surface area is 786 Å². The largest absolute Gasteiger partial charge is 0.490 e. The Morgan fingerprint density at radius 2 is 1.04 bits per heavy atom. The summed E-state index contributed by atoms with van der Waals surface area (Å²) in [4.78, 5) is 120. The Bertz CT molecular complexity index is 6300. The van der Waals surface area contributed by atoms with E-state index < -0.39 is 29.1 Å². The van der Waals surface area contributed by atoms with Crippen molar-refractivity contribution in [2.24, 2.45) is 18.9 Å². The lowest BCUT2D eigenvalue weighted by Crippen LogP contribution is -2.59. The first kappa shape index (κ1) is 92.6. The van der Waals surface area contributed by atoms with Crippen LogP contribution in [0.25, 0.3) is 53.6 Å². The second kappa shape index (κ2) is 39.9. The molecule has 0 radical (unpaired) electrons. The molecule has 4 aliphatic heterocycles. The number of piperazine rings is 1. The van der Waals surface area contributed by atoms with E-state index >= 15 is 0 Å². The third-order valence-electron chi connectivity index (χ3n) is 27.1. The summed E-state index contributed by atoms with van der Waals surface area (Å²) in [6.45, 7) is 26.2. The van der Waals surface area contributed by atoms with Gasteiger partial charge in [-0.25, -0.2) is 29.5 Å². The number of para-hydroxylation sites is 2. The van der Waals surface area contributed by atoms with Crippen molar-refractivity contribution < 1.29 is 52.5 Å². The molecule has 2 aliphatic carbocycles. The summed E-state index contributed by atoms with van der Waals surface area (Å²) in [5, 5.41) is 15.4. The summed E-state index contributed by atoms with van der Waals surface area (Å²) >= 11 is 2.91. The molecule has 18 rings (SSSR count). The van der Waals surface area contributed by atoms with Gasteiger partial charge >= 0.3 is 11.9 Å². The highest BCUT2D eigenvalue weighted by molar-refractivity contribution is 7.22. The van der Waals surface area contributed by atoms with Crippen molar-refractivity contribution in [2.75, 3.05) is 64.6 Å². The number of thiazole rings is 2. The Morgan fingerprint density at radius 1 is 0.534 bits per heavy atom. The molecule has 26 heteroatoms. The third kappa shape index (κ3) is 21.5. The molecular formula is C107H121N13O11S2. The molecule has 133 heavy (non-hydrogen) atoms. The number of esters is 2. The fourth-order valence-corrected chi connectivity index (χ4v) is 21.8. The number of nitrogens with zero attached hydrogens (tertiary/aromatic N) is 10. The van der Waals surface area contributed by atoms with E-state index in [1.165, 1.54) is 47.6 Å². The summed E-state index contributed by atoms with van der Waals surface area (Å²) in [5.74, 6) is 1.97. The van der Waals surface area contributed by atoms with Gasteiger partial charge in [0.2, 0.25) is 11.8 Å². The highest BCUT2D eigenvalue weighted by Crippen LogP contribution is 2.43. The van der Waals surface area contributed by atoms with Crippen molar-refractivity contribution in [3.8, 4) is 33.8 Å². The van der Waals surface area contributed by atoms with Crippen molar-refractivity contribution in [1.29, 1.82) is 0 Å². The third-order valence-corrected chi connectivity index (χ3v) is 29.0. The van der Waals surface area contributed by atoms with Crippen molar-refractivity contribution in [2.45, 2.75) is 233 Å². The summed E-state index contributed by atoms with van der Waals surface area (Å²) in [7, 11) is 1.93. The summed E-state index contributed by atoms with van der Waals surface area (Å²) in [6, 6.07) is 53.8. The normalized spacial score (nSPS) is 18.7. The zero-order valence-corrected chi connectivity index (χ0v) is 79.8. The lowest BCUT2D eigenvalue weighted by Gasteiger charge is -2.48. The van der Waals surface area contributed by atoms with Gasteiger partial charge in [-0.1, -0.05) is 115 Å². The monoisotopic (exact) mass is 1830 g/mol. The Hall–Kier alpha value is -12.3.